The highest BCUT2D eigenvalue weighted by atomic mass is 16.6. The summed E-state index contributed by atoms with van der Waals surface area (Å²) in [6.07, 6.45) is -1.72. The normalized spacial score (nSPS) is 17.4. The molecule has 176 valence electrons. The molecule has 0 radical (unpaired) electrons. The minimum Gasteiger partial charge on any atom is -0.450 e. The van der Waals surface area contributed by atoms with Gasteiger partial charge in [0.25, 0.3) is 5.91 Å². The summed E-state index contributed by atoms with van der Waals surface area (Å²) in [6, 6.07) is -1.08. The second-order valence-electron chi connectivity index (χ2n) is 9.17. The van der Waals surface area contributed by atoms with Gasteiger partial charge in [-0.3, -0.25) is 14.9 Å². The molecule has 0 aromatic rings. The Morgan fingerprint density at radius 2 is 1.58 bits per heavy atom. The molecule has 1 rings (SSSR count). The highest BCUT2D eigenvalue weighted by molar-refractivity contribution is 6.05. The summed E-state index contributed by atoms with van der Waals surface area (Å²) in [5.74, 6) is -2.08. The van der Waals surface area contributed by atoms with E-state index in [1.165, 1.54) is 0 Å². The van der Waals surface area contributed by atoms with Gasteiger partial charge in [0, 0.05) is 6.54 Å². The van der Waals surface area contributed by atoms with Gasteiger partial charge in [0.2, 0.25) is 5.91 Å². The molecule has 0 bridgehead atoms. The van der Waals surface area contributed by atoms with Crippen LogP contribution in [-0.2, 0) is 28.6 Å². The highest BCUT2D eigenvalue weighted by Crippen LogP contribution is 2.13. The quantitative estimate of drug-likeness (QED) is 0.221. The van der Waals surface area contributed by atoms with Crippen molar-refractivity contribution in [3.63, 3.8) is 0 Å². The van der Waals surface area contributed by atoms with Gasteiger partial charge in [-0.15, -0.1) is 0 Å². The van der Waals surface area contributed by atoms with Gasteiger partial charge in [-0.05, 0) is 60.8 Å². The van der Waals surface area contributed by atoms with E-state index in [4.69, 9.17) is 14.2 Å². The summed E-state index contributed by atoms with van der Waals surface area (Å²) in [7, 11) is 0. The van der Waals surface area contributed by atoms with E-state index in [0.717, 1.165) is 0 Å². The van der Waals surface area contributed by atoms with Crippen LogP contribution >= 0.6 is 0 Å². The monoisotopic (exact) mass is 443 g/mol. The van der Waals surface area contributed by atoms with Gasteiger partial charge in [0.15, 0.2) is 6.10 Å². The SMILES string of the molecule is CC(C)(C)OC(=O)NCCCC[C@H](NC(=O)OC(C)(C)C)C(=O)OC1CC(=O)NC1=O. The summed E-state index contributed by atoms with van der Waals surface area (Å²) in [4.78, 5) is 59.2. The molecule has 1 aliphatic heterocycles. The van der Waals surface area contributed by atoms with E-state index in [1.54, 1.807) is 41.5 Å². The predicted molar refractivity (Wildman–Crippen MR) is 109 cm³/mol. The molecule has 0 aliphatic carbocycles. The van der Waals surface area contributed by atoms with Crippen molar-refractivity contribution in [1.82, 2.24) is 16.0 Å². The Balaban J connectivity index is 2.58. The lowest BCUT2D eigenvalue weighted by Gasteiger charge is -2.23. The Bertz CT molecular complexity index is 694. The number of imide groups is 1. The van der Waals surface area contributed by atoms with E-state index in [2.05, 4.69) is 16.0 Å². The Hall–Kier alpha value is -2.85. The fraction of sp³-hybridized carbons (Fsp3) is 0.750. The lowest BCUT2D eigenvalue weighted by molar-refractivity contribution is -0.156. The fourth-order valence-corrected chi connectivity index (χ4v) is 2.52. The zero-order valence-electron chi connectivity index (χ0n) is 19.0. The van der Waals surface area contributed by atoms with Crippen molar-refractivity contribution in [2.75, 3.05) is 6.54 Å². The van der Waals surface area contributed by atoms with Gasteiger partial charge >= 0.3 is 18.2 Å². The van der Waals surface area contributed by atoms with Crippen LogP contribution in [0.25, 0.3) is 0 Å². The highest BCUT2D eigenvalue weighted by Gasteiger charge is 2.36. The maximum absolute atomic E-state index is 12.5. The maximum atomic E-state index is 12.5. The van der Waals surface area contributed by atoms with E-state index >= 15 is 0 Å². The van der Waals surface area contributed by atoms with Crippen molar-refractivity contribution < 1.29 is 38.2 Å². The maximum Gasteiger partial charge on any atom is 0.408 e. The molecule has 1 aliphatic rings. The summed E-state index contributed by atoms with van der Waals surface area (Å²) >= 11 is 0. The molecule has 0 saturated carbocycles. The van der Waals surface area contributed by atoms with E-state index in [-0.39, 0.29) is 12.8 Å². The van der Waals surface area contributed by atoms with Crippen LogP contribution in [0.1, 0.15) is 67.2 Å². The Kier molecular flexibility index (Phi) is 9.26. The van der Waals surface area contributed by atoms with Crippen molar-refractivity contribution in [2.45, 2.75) is 90.6 Å². The van der Waals surface area contributed by atoms with Crippen molar-refractivity contribution in [3.05, 3.63) is 0 Å². The second-order valence-corrected chi connectivity index (χ2v) is 9.17. The number of nitrogens with one attached hydrogen (secondary N) is 3. The molecule has 0 aromatic heterocycles. The molecule has 11 nitrogen and oxygen atoms in total. The molecule has 31 heavy (non-hydrogen) atoms. The summed E-state index contributed by atoms with van der Waals surface area (Å²) in [5, 5.41) is 7.09. The average Bonchev–Trinajstić information content (AvgIpc) is 2.87. The first-order chi connectivity index (χ1) is 14.2. The Labute approximate surface area is 181 Å². The molecule has 0 spiro atoms. The molecule has 4 amide bonds. The third-order valence-corrected chi connectivity index (χ3v) is 3.75. The molecule has 1 heterocycles. The number of carbonyl (C=O) groups excluding carboxylic acids is 5. The van der Waals surface area contributed by atoms with E-state index in [1.807, 2.05) is 0 Å². The van der Waals surface area contributed by atoms with Crippen molar-refractivity contribution in [1.29, 1.82) is 0 Å². The zero-order chi connectivity index (χ0) is 23.8. The number of rotatable bonds is 8. The second kappa shape index (κ2) is 11.0. The number of alkyl carbamates (subject to hydrolysis) is 2. The number of ether oxygens (including phenoxy) is 3. The third kappa shape index (κ3) is 11.2. The van der Waals surface area contributed by atoms with Crippen LogP contribution in [0, 0.1) is 0 Å². The first-order valence-electron chi connectivity index (χ1n) is 10.2. The number of hydrogen-bond acceptors (Lipinski definition) is 8. The third-order valence-electron chi connectivity index (χ3n) is 3.75. The molecule has 1 saturated heterocycles. The number of hydrogen-bond donors (Lipinski definition) is 3. The van der Waals surface area contributed by atoms with E-state index in [9.17, 15) is 24.0 Å². The number of amides is 4. The number of unbranched alkanes of at least 4 members (excludes halogenated alkanes) is 1. The molecule has 1 fully saturated rings. The minimum atomic E-state index is -1.23. The first-order valence-corrected chi connectivity index (χ1v) is 10.2. The smallest absolute Gasteiger partial charge is 0.408 e. The summed E-state index contributed by atoms with van der Waals surface area (Å²) in [6.45, 7) is 10.6. The van der Waals surface area contributed by atoms with Crippen LogP contribution in [-0.4, -0.2) is 59.9 Å². The minimum absolute atomic E-state index is 0.177. The summed E-state index contributed by atoms with van der Waals surface area (Å²) in [5.41, 5.74) is -1.38. The summed E-state index contributed by atoms with van der Waals surface area (Å²) < 4.78 is 15.4. The van der Waals surface area contributed by atoms with Crippen LogP contribution < -0.4 is 16.0 Å². The molecule has 0 aromatic carbocycles. The Morgan fingerprint density at radius 3 is 2.10 bits per heavy atom. The van der Waals surface area contributed by atoms with Crippen LogP contribution in [0.2, 0.25) is 0 Å². The molecular weight excluding hydrogens is 410 g/mol. The topological polar surface area (TPSA) is 149 Å². The van der Waals surface area contributed by atoms with Crippen molar-refractivity contribution in [2.24, 2.45) is 0 Å². The van der Waals surface area contributed by atoms with Gasteiger partial charge < -0.3 is 24.8 Å². The van der Waals surface area contributed by atoms with Crippen LogP contribution in [0.3, 0.4) is 0 Å². The molecule has 2 atom stereocenters. The first kappa shape index (κ1) is 26.2. The van der Waals surface area contributed by atoms with Gasteiger partial charge in [0.1, 0.15) is 17.2 Å². The van der Waals surface area contributed by atoms with Gasteiger partial charge in [-0.2, -0.15) is 0 Å². The average molecular weight is 443 g/mol. The predicted octanol–water partition coefficient (Wildman–Crippen LogP) is 1.53. The van der Waals surface area contributed by atoms with E-state index in [0.29, 0.717) is 19.4 Å². The molecule has 1 unspecified atom stereocenters. The lowest BCUT2D eigenvalue weighted by Crippen LogP contribution is -2.45. The molecule has 3 N–H and O–H groups in total. The standard InChI is InChI=1S/C20H33N3O8/c1-19(2,3)30-17(27)21-10-8-7-9-12(22-18(28)31-20(4,5)6)16(26)29-13-11-14(24)23-15(13)25/h12-13H,7-11H2,1-6H3,(H,21,27)(H,22,28)(H,23,24,25)/t12-,13?/m0/s1. The van der Waals surface area contributed by atoms with Crippen LogP contribution in [0.4, 0.5) is 9.59 Å². The zero-order valence-corrected chi connectivity index (χ0v) is 19.0. The van der Waals surface area contributed by atoms with E-state index < -0.39 is 53.3 Å². The largest absolute Gasteiger partial charge is 0.450 e. The van der Waals surface area contributed by atoms with Gasteiger partial charge in [-0.1, -0.05) is 0 Å². The van der Waals surface area contributed by atoms with Crippen LogP contribution in [0.15, 0.2) is 0 Å². The van der Waals surface area contributed by atoms with Crippen molar-refractivity contribution in [3.8, 4) is 0 Å². The fourth-order valence-electron chi connectivity index (χ4n) is 2.52. The number of esters is 1. The molecule has 11 heteroatoms. The number of carbonyl (C=O) groups is 5. The van der Waals surface area contributed by atoms with Gasteiger partial charge in [-0.25, -0.2) is 14.4 Å². The molecular formula is C20H33N3O8. The lowest BCUT2D eigenvalue weighted by atomic mass is 10.1. The van der Waals surface area contributed by atoms with Crippen molar-refractivity contribution >= 4 is 30.0 Å². The van der Waals surface area contributed by atoms with Crippen LogP contribution in [0.5, 0.6) is 0 Å². The Morgan fingerprint density at radius 1 is 1.00 bits per heavy atom. The van der Waals surface area contributed by atoms with Gasteiger partial charge in [0.05, 0.1) is 6.42 Å².